The summed E-state index contributed by atoms with van der Waals surface area (Å²) in [7, 11) is 3.29. The third kappa shape index (κ3) is 2.20. The van der Waals surface area contributed by atoms with Crippen molar-refractivity contribution in [2.24, 2.45) is 0 Å². The Morgan fingerprint density at radius 1 is 1.45 bits per heavy atom. The van der Waals surface area contributed by atoms with E-state index in [1.165, 1.54) is 6.42 Å². The van der Waals surface area contributed by atoms with E-state index in [-0.39, 0.29) is 6.29 Å². The van der Waals surface area contributed by atoms with Crippen LogP contribution >= 0.6 is 0 Å². The van der Waals surface area contributed by atoms with Gasteiger partial charge in [0.2, 0.25) is 0 Å². The summed E-state index contributed by atoms with van der Waals surface area (Å²) in [6.07, 6.45) is 4.23. The number of allylic oxidation sites excluding steroid dienone is 1. The van der Waals surface area contributed by atoms with E-state index in [4.69, 9.17) is 9.47 Å². The topological polar surface area (TPSA) is 30.5 Å². The number of hydrogen-bond acceptors (Lipinski definition) is 3. The predicted octanol–water partition coefficient (Wildman–Crippen LogP) is 0.873. The number of methoxy groups -OCH3 is 2. The second-order valence-electron chi connectivity index (χ2n) is 2.53. The molecular weight excluding hydrogens is 142 g/mol. The van der Waals surface area contributed by atoms with Gasteiger partial charge in [0.25, 0.3) is 0 Å². The van der Waals surface area contributed by atoms with Crippen molar-refractivity contribution in [3.05, 3.63) is 11.8 Å². The lowest BCUT2D eigenvalue weighted by Crippen LogP contribution is -2.30. The molecule has 1 heterocycles. The van der Waals surface area contributed by atoms with Crippen molar-refractivity contribution in [1.82, 2.24) is 5.32 Å². The zero-order valence-electron chi connectivity index (χ0n) is 7.09. The molecule has 0 amide bonds. The SMILES string of the molecule is COC(OC)C1=CCCCN1. The monoisotopic (exact) mass is 157 g/mol. The van der Waals surface area contributed by atoms with Gasteiger partial charge in [-0.3, -0.25) is 0 Å². The van der Waals surface area contributed by atoms with Gasteiger partial charge in [0, 0.05) is 20.8 Å². The Balaban J connectivity index is 2.48. The highest BCUT2D eigenvalue weighted by Gasteiger charge is 2.13. The van der Waals surface area contributed by atoms with Crippen LogP contribution in [-0.2, 0) is 9.47 Å². The predicted molar refractivity (Wildman–Crippen MR) is 43.1 cm³/mol. The fourth-order valence-corrected chi connectivity index (χ4v) is 1.19. The van der Waals surface area contributed by atoms with Crippen LogP contribution in [0.3, 0.4) is 0 Å². The van der Waals surface area contributed by atoms with Crippen LogP contribution in [0.15, 0.2) is 11.8 Å². The van der Waals surface area contributed by atoms with Gasteiger partial charge in [-0.25, -0.2) is 0 Å². The first-order chi connectivity index (χ1) is 5.38. The van der Waals surface area contributed by atoms with Crippen molar-refractivity contribution in [3.8, 4) is 0 Å². The molecule has 0 unspecified atom stereocenters. The summed E-state index contributed by atoms with van der Waals surface area (Å²) in [5, 5.41) is 3.23. The molecule has 0 saturated carbocycles. The molecule has 3 heteroatoms. The zero-order valence-corrected chi connectivity index (χ0v) is 7.09. The summed E-state index contributed by atoms with van der Waals surface area (Å²) in [5.74, 6) is 0. The molecule has 1 N–H and O–H groups in total. The lowest BCUT2D eigenvalue weighted by atomic mass is 10.2. The largest absolute Gasteiger partial charge is 0.384 e. The van der Waals surface area contributed by atoms with E-state index in [0.29, 0.717) is 0 Å². The highest BCUT2D eigenvalue weighted by atomic mass is 16.7. The Bertz CT molecular complexity index is 141. The van der Waals surface area contributed by atoms with Crippen LogP contribution in [-0.4, -0.2) is 27.1 Å². The molecule has 0 aromatic carbocycles. The van der Waals surface area contributed by atoms with Crippen molar-refractivity contribution in [1.29, 1.82) is 0 Å². The second kappa shape index (κ2) is 4.36. The van der Waals surface area contributed by atoms with Crippen molar-refractivity contribution in [2.45, 2.75) is 19.1 Å². The number of hydrogen-bond donors (Lipinski definition) is 1. The lowest BCUT2D eigenvalue weighted by Gasteiger charge is -2.21. The Morgan fingerprint density at radius 3 is 2.64 bits per heavy atom. The van der Waals surface area contributed by atoms with Crippen LogP contribution in [0.1, 0.15) is 12.8 Å². The Labute approximate surface area is 67.4 Å². The first kappa shape index (κ1) is 8.56. The first-order valence-electron chi connectivity index (χ1n) is 3.88. The Kier molecular flexibility index (Phi) is 3.39. The summed E-state index contributed by atoms with van der Waals surface area (Å²) in [4.78, 5) is 0. The third-order valence-electron chi connectivity index (χ3n) is 1.76. The van der Waals surface area contributed by atoms with E-state index >= 15 is 0 Å². The van der Waals surface area contributed by atoms with Crippen LogP contribution in [0.2, 0.25) is 0 Å². The highest BCUT2D eigenvalue weighted by Crippen LogP contribution is 2.09. The van der Waals surface area contributed by atoms with E-state index in [2.05, 4.69) is 11.4 Å². The third-order valence-corrected chi connectivity index (χ3v) is 1.76. The number of nitrogens with one attached hydrogen (secondary N) is 1. The fraction of sp³-hybridized carbons (Fsp3) is 0.750. The molecule has 0 bridgehead atoms. The van der Waals surface area contributed by atoms with Gasteiger partial charge in [0.05, 0.1) is 5.70 Å². The highest BCUT2D eigenvalue weighted by molar-refractivity contribution is 5.05. The maximum atomic E-state index is 5.09. The number of ether oxygens (including phenoxy) is 2. The molecule has 0 radical (unpaired) electrons. The van der Waals surface area contributed by atoms with Gasteiger partial charge in [-0.15, -0.1) is 0 Å². The molecule has 0 fully saturated rings. The van der Waals surface area contributed by atoms with Gasteiger partial charge in [0.1, 0.15) is 0 Å². The maximum absolute atomic E-state index is 5.09. The quantitative estimate of drug-likeness (QED) is 0.617. The minimum Gasteiger partial charge on any atom is -0.384 e. The molecule has 11 heavy (non-hydrogen) atoms. The van der Waals surface area contributed by atoms with Crippen LogP contribution in [0.4, 0.5) is 0 Å². The van der Waals surface area contributed by atoms with Gasteiger partial charge >= 0.3 is 0 Å². The molecule has 64 valence electrons. The molecule has 0 spiro atoms. The smallest absolute Gasteiger partial charge is 0.197 e. The van der Waals surface area contributed by atoms with Crippen LogP contribution < -0.4 is 5.32 Å². The summed E-state index contributed by atoms with van der Waals surface area (Å²) < 4.78 is 10.2. The normalized spacial score (nSPS) is 17.9. The van der Waals surface area contributed by atoms with Gasteiger partial charge in [-0.1, -0.05) is 6.08 Å². The summed E-state index contributed by atoms with van der Waals surface area (Å²) in [5.41, 5.74) is 1.06. The molecule has 0 aliphatic carbocycles. The van der Waals surface area contributed by atoms with Crippen LogP contribution in [0.25, 0.3) is 0 Å². The summed E-state index contributed by atoms with van der Waals surface area (Å²) in [6.45, 7) is 1.02. The van der Waals surface area contributed by atoms with Crippen molar-refractivity contribution >= 4 is 0 Å². The first-order valence-corrected chi connectivity index (χ1v) is 3.88. The fourth-order valence-electron chi connectivity index (χ4n) is 1.19. The van der Waals surface area contributed by atoms with Crippen molar-refractivity contribution in [3.63, 3.8) is 0 Å². The Hall–Kier alpha value is -0.540. The number of rotatable bonds is 3. The molecule has 3 nitrogen and oxygen atoms in total. The van der Waals surface area contributed by atoms with E-state index < -0.39 is 0 Å². The maximum Gasteiger partial charge on any atom is 0.197 e. The van der Waals surface area contributed by atoms with Gasteiger partial charge in [-0.05, 0) is 12.8 Å². The molecule has 1 rings (SSSR count). The average Bonchev–Trinajstić information content (AvgIpc) is 2.09. The molecular formula is C8H15NO2. The van der Waals surface area contributed by atoms with E-state index in [0.717, 1.165) is 18.7 Å². The molecule has 0 saturated heterocycles. The summed E-state index contributed by atoms with van der Waals surface area (Å²) in [6, 6.07) is 0. The van der Waals surface area contributed by atoms with Crippen molar-refractivity contribution < 1.29 is 9.47 Å². The van der Waals surface area contributed by atoms with Crippen LogP contribution in [0, 0.1) is 0 Å². The molecule has 0 aromatic rings. The summed E-state index contributed by atoms with van der Waals surface area (Å²) >= 11 is 0. The van der Waals surface area contributed by atoms with Crippen molar-refractivity contribution in [2.75, 3.05) is 20.8 Å². The van der Waals surface area contributed by atoms with Crippen LogP contribution in [0.5, 0.6) is 0 Å². The van der Waals surface area contributed by atoms with Gasteiger partial charge in [-0.2, -0.15) is 0 Å². The standard InChI is InChI=1S/C8H15NO2/c1-10-8(11-2)7-5-3-4-6-9-7/h5,8-9H,3-4,6H2,1-2H3. The molecule has 0 aromatic heterocycles. The van der Waals surface area contributed by atoms with E-state index in [1.54, 1.807) is 14.2 Å². The molecule has 0 atom stereocenters. The second-order valence-corrected chi connectivity index (χ2v) is 2.53. The average molecular weight is 157 g/mol. The minimum atomic E-state index is -0.213. The zero-order chi connectivity index (χ0) is 8.10. The van der Waals surface area contributed by atoms with E-state index in [1.807, 2.05) is 0 Å². The Morgan fingerprint density at radius 2 is 2.18 bits per heavy atom. The lowest BCUT2D eigenvalue weighted by molar-refractivity contribution is -0.0793. The minimum absolute atomic E-state index is 0.213. The molecule has 1 aliphatic heterocycles. The van der Waals surface area contributed by atoms with Gasteiger partial charge < -0.3 is 14.8 Å². The van der Waals surface area contributed by atoms with E-state index in [9.17, 15) is 0 Å². The molecule has 1 aliphatic rings. The van der Waals surface area contributed by atoms with Gasteiger partial charge in [0.15, 0.2) is 6.29 Å².